The van der Waals surface area contributed by atoms with Gasteiger partial charge < -0.3 is 5.11 Å². The Morgan fingerprint density at radius 3 is 2.35 bits per heavy atom. The minimum Gasteiger partial charge on any atom is -0.381 e. The average Bonchev–Trinajstić information content (AvgIpc) is 2.79. The average molecular weight is 360 g/mol. The highest BCUT2D eigenvalue weighted by molar-refractivity contribution is 6.07. The third kappa shape index (κ3) is 1.90. The van der Waals surface area contributed by atoms with Gasteiger partial charge in [-0.3, -0.25) is 19.2 Å². The lowest BCUT2D eigenvalue weighted by atomic mass is 9.43. The molecule has 4 aliphatic carbocycles. The Bertz CT molecular complexity index is 726. The Kier molecular flexibility index (Phi) is 3.70. The van der Waals surface area contributed by atoms with E-state index in [0.29, 0.717) is 25.7 Å². The zero-order chi connectivity index (χ0) is 19.1. The van der Waals surface area contributed by atoms with Gasteiger partial charge in [-0.25, -0.2) is 0 Å². The number of ketones is 4. The molecule has 1 N–H and O–H groups in total. The molecule has 0 spiro atoms. The molecule has 1 unspecified atom stereocenters. The summed E-state index contributed by atoms with van der Waals surface area (Å²) in [7, 11) is 0. The number of hydrogen-bond acceptors (Lipinski definition) is 5. The second kappa shape index (κ2) is 5.34. The van der Waals surface area contributed by atoms with Gasteiger partial charge in [-0.05, 0) is 56.3 Å². The van der Waals surface area contributed by atoms with Crippen LogP contribution in [0.25, 0.3) is 0 Å². The molecule has 7 atom stereocenters. The maximum absolute atomic E-state index is 13.3. The van der Waals surface area contributed by atoms with Crippen LogP contribution in [0.5, 0.6) is 0 Å². The SMILES string of the molecule is CC(=O)[C@H]1CC(=O)[C@]2(O)[C@@H]3CCC4CC(=O)CC[C@]4(C)[C@H]3CC(=O)[C@]12C. The molecule has 0 saturated heterocycles. The van der Waals surface area contributed by atoms with Gasteiger partial charge in [-0.15, -0.1) is 0 Å². The van der Waals surface area contributed by atoms with E-state index in [1.807, 2.05) is 0 Å². The summed E-state index contributed by atoms with van der Waals surface area (Å²) < 4.78 is 0. The van der Waals surface area contributed by atoms with Crippen LogP contribution in [0, 0.1) is 34.5 Å². The quantitative estimate of drug-likeness (QED) is 0.775. The lowest BCUT2D eigenvalue weighted by Crippen LogP contribution is -2.68. The summed E-state index contributed by atoms with van der Waals surface area (Å²) in [5.41, 5.74) is -3.23. The molecule has 4 fully saturated rings. The number of Topliss-reactive ketones (excluding diaryl/α,β-unsaturated/α-hetero) is 4. The molecule has 0 aromatic rings. The van der Waals surface area contributed by atoms with Crippen molar-refractivity contribution in [1.29, 1.82) is 0 Å². The third-order valence-corrected chi connectivity index (χ3v) is 8.82. The molecule has 4 saturated carbocycles. The minimum absolute atomic E-state index is 0.0318. The van der Waals surface area contributed by atoms with Crippen molar-refractivity contribution in [2.75, 3.05) is 0 Å². The van der Waals surface area contributed by atoms with E-state index in [-0.39, 0.29) is 52.7 Å². The number of hydrogen-bond donors (Lipinski definition) is 1. The highest BCUT2D eigenvalue weighted by atomic mass is 16.3. The van der Waals surface area contributed by atoms with Crippen LogP contribution in [0.15, 0.2) is 0 Å². The Balaban J connectivity index is 1.80. The second-order valence-corrected chi connectivity index (χ2v) is 9.62. The fourth-order valence-corrected chi connectivity index (χ4v) is 7.12. The van der Waals surface area contributed by atoms with Gasteiger partial charge in [0.25, 0.3) is 0 Å². The summed E-state index contributed by atoms with van der Waals surface area (Å²) in [4.78, 5) is 50.3. The third-order valence-electron chi connectivity index (χ3n) is 8.82. The van der Waals surface area contributed by atoms with Gasteiger partial charge >= 0.3 is 0 Å². The normalized spacial score (nSPS) is 50.8. The molecule has 0 heterocycles. The van der Waals surface area contributed by atoms with E-state index in [4.69, 9.17) is 0 Å². The molecule has 5 heteroatoms. The molecule has 0 aliphatic heterocycles. The van der Waals surface area contributed by atoms with Crippen molar-refractivity contribution in [3.8, 4) is 0 Å². The van der Waals surface area contributed by atoms with E-state index in [1.54, 1.807) is 6.92 Å². The summed E-state index contributed by atoms with van der Waals surface area (Å²) in [6.07, 6.45) is 3.51. The van der Waals surface area contributed by atoms with E-state index in [1.165, 1.54) is 6.92 Å². The number of fused-ring (bicyclic) bond motifs is 5. The van der Waals surface area contributed by atoms with Crippen molar-refractivity contribution in [2.45, 2.75) is 71.3 Å². The molecule has 5 nitrogen and oxygen atoms in total. The minimum atomic E-state index is -1.74. The summed E-state index contributed by atoms with van der Waals surface area (Å²) in [6.45, 7) is 5.20. The zero-order valence-electron chi connectivity index (χ0n) is 15.8. The van der Waals surface area contributed by atoms with Gasteiger partial charge in [-0.2, -0.15) is 0 Å². The monoisotopic (exact) mass is 360 g/mol. The topological polar surface area (TPSA) is 88.5 Å². The molecule has 26 heavy (non-hydrogen) atoms. The standard InChI is InChI=1S/C21H28O5/c1-11(22)15-9-18(25)21(26)14-5-4-12-8-13(23)6-7-19(12,2)16(14)10-17(24)20(15,21)3/h12,14-16,26H,4-10H2,1-3H3/t12?,14-,15-,16+,19+,20+,21-/m1/s1. The second-order valence-electron chi connectivity index (χ2n) is 9.62. The van der Waals surface area contributed by atoms with Crippen LogP contribution in [-0.4, -0.2) is 33.8 Å². The summed E-state index contributed by atoms with van der Waals surface area (Å²) >= 11 is 0. The van der Waals surface area contributed by atoms with Gasteiger partial charge in [0.15, 0.2) is 5.78 Å². The molecule has 4 aliphatic rings. The first-order chi connectivity index (χ1) is 12.1. The van der Waals surface area contributed by atoms with Crippen molar-refractivity contribution in [3.63, 3.8) is 0 Å². The van der Waals surface area contributed by atoms with Gasteiger partial charge in [0.05, 0.1) is 5.41 Å². The summed E-state index contributed by atoms with van der Waals surface area (Å²) in [5, 5.41) is 11.7. The maximum atomic E-state index is 13.3. The predicted molar refractivity (Wildman–Crippen MR) is 93.1 cm³/mol. The van der Waals surface area contributed by atoms with Crippen molar-refractivity contribution < 1.29 is 24.3 Å². The zero-order valence-corrected chi connectivity index (χ0v) is 15.8. The Hall–Kier alpha value is -1.36. The van der Waals surface area contributed by atoms with Crippen LogP contribution in [0.1, 0.15) is 65.7 Å². The fourth-order valence-electron chi connectivity index (χ4n) is 7.12. The van der Waals surface area contributed by atoms with Crippen LogP contribution >= 0.6 is 0 Å². The van der Waals surface area contributed by atoms with Crippen LogP contribution < -0.4 is 0 Å². The van der Waals surface area contributed by atoms with Crippen molar-refractivity contribution in [3.05, 3.63) is 0 Å². The van der Waals surface area contributed by atoms with Gasteiger partial charge in [-0.1, -0.05) is 6.92 Å². The molecule has 0 amide bonds. The highest BCUT2D eigenvalue weighted by Gasteiger charge is 2.74. The van der Waals surface area contributed by atoms with Crippen molar-refractivity contribution >= 4 is 23.1 Å². The van der Waals surface area contributed by atoms with Crippen LogP contribution in [0.4, 0.5) is 0 Å². The van der Waals surface area contributed by atoms with Crippen molar-refractivity contribution in [1.82, 2.24) is 0 Å². The molecular weight excluding hydrogens is 332 g/mol. The predicted octanol–water partition coefficient (Wildman–Crippen LogP) is 2.28. The van der Waals surface area contributed by atoms with Crippen LogP contribution in [0.3, 0.4) is 0 Å². The van der Waals surface area contributed by atoms with Crippen LogP contribution in [-0.2, 0) is 19.2 Å². The molecule has 0 bridgehead atoms. The van der Waals surface area contributed by atoms with E-state index in [9.17, 15) is 24.3 Å². The first kappa shape index (κ1) is 18.0. The van der Waals surface area contributed by atoms with Gasteiger partial charge in [0, 0.05) is 31.6 Å². The van der Waals surface area contributed by atoms with E-state index in [0.717, 1.165) is 12.8 Å². The number of aliphatic hydroxyl groups is 1. The molecule has 0 aromatic carbocycles. The number of carbonyl (C=O) groups excluding carboxylic acids is 4. The van der Waals surface area contributed by atoms with Gasteiger partial charge in [0.2, 0.25) is 0 Å². The largest absolute Gasteiger partial charge is 0.381 e. The molecule has 0 radical (unpaired) electrons. The van der Waals surface area contributed by atoms with Gasteiger partial charge in [0.1, 0.15) is 23.0 Å². The molecular formula is C21H28O5. The summed E-state index contributed by atoms with van der Waals surface area (Å²) in [5.74, 6) is -1.26. The van der Waals surface area contributed by atoms with Crippen LogP contribution in [0.2, 0.25) is 0 Å². The maximum Gasteiger partial charge on any atom is 0.166 e. The summed E-state index contributed by atoms with van der Waals surface area (Å²) in [6, 6.07) is 0. The fraction of sp³-hybridized carbons (Fsp3) is 0.810. The first-order valence-electron chi connectivity index (χ1n) is 9.88. The first-order valence-corrected chi connectivity index (χ1v) is 9.88. The van der Waals surface area contributed by atoms with E-state index < -0.39 is 16.9 Å². The molecule has 0 aromatic heterocycles. The lowest BCUT2D eigenvalue weighted by molar-refractivity contribution is -0.203. The Morgan fingerprint density at radius 2 is 1.69 bits per heavy atom. The Morgan fingerprint density at radius 1 is 1.00 bits per heavy atom. The van der Waals surface area contributed by atoms with E-state index >= 15 is 0 Å². The lowest BCUT2D eigenvalue weighted by Gasteiger charge is -2.61. The number of rotatable bonds is 1. The van der Waals surface area contributed by atoms with Crippen molar-refractivity contribution in [2.24, 2.45) is 34.5 Å². The molecule has 4 rings (SSSR count). The van der Waals surface area contributed by atoms with E-state index in [2.05, 4.69) is 6.92 Å². The Labute approximate surface area is 153 Å². The number of carbonyl (C=O) groups is 4. The smallest absolute Gasteiger partial charge is 0.166 e. The molecule has 142 valence electrons. The highest BCUT2D eigenvalue weighted by Crippen LogP contribution is 2.66.